The first-order valence-electron chi connectivity index (χ1n) is 5.61. The fourth-order valence-corrected chi connectivity index (χ4v) is 2.98. The zero-order valence-corrected chi connectivity index (χ0v) is 12.9. The molecule has 18 heavy (non-hydrogen) atoms. The van der Waals surface area contributed by atoms with Gasteiger partial charge in [-0.05, 0) is 23.3 Å². The van der Waals surface area contributed by atoms with Gasteiger partial charge in [-0.1, -0.05) is 68.3 Å². The summed E-state index contributed by atoms with van der Waals surface area (Å²) in [7, 11) is 0. The van der Waals surface area contributed by atoms with Gasteiger partial charge in [0.05, 0.1) is 12.1 Å². The summed E-state index contributed by atoms with van der Waals surface area (Å²) in [6.45, 7) is 0. The van der Waals surface area contributed by atoms with Crippen LogP contribution in [-0.4, -0.2) is 0 Å². The maximum absolute atomic E-state index is 6.26. The van der Waals surface area contributed by atoms with E-state index in [1.807, 2.05) is 48.5 Å². The van der Waals surface area contributed by atoms with Gasteiger partial charge in [0.25, 0.3) is 0 Å². The summed E-state index contributed by atoms with van der Waals surface area (Å²) in [6.07, 6.45) is 0. The molecule has 2 atom stereocenters. The second-order valence-corrected chi connectivity index (χ2v) is 5.80. The van der Waals surface area contributed by atoms with E-state index in [4.69, 9.17) is 11.5 Å². The second kappa shape index (κ2) is 5.97. The minimum Gasteiger partial charge on any atom is -0.322 e. The van der Waals surface area contributed by atoms with Crippen molar-refractivity contribution in [3.63, 3.8) is 0 Å². The zero-order chi connectivity index (χ0) is 13.1. The van der Waals surface area contributed by atoms with Crippen LogP contribution in [0.15, 0.2) is 57.5 Å². The summed E-state index contributed by atoms with van der Waals surface area (Å²) in [5, 5.41) is 0. The van der Waals surface area contributed by atoms with E-state index in [0.717, 1.165) is 20.1 Å². The number of hydrogen-bond acceptors (Lipinski definition) is 2. The van der Waals surface area contributed by atoms with Gasteiger partial charge in [-0.15, -0.1) is 0 Å². The number of hydrogen-bond donors (Lipinski definition) is 2. The van der Waals surface area contributed by atoms with Crippen LogP contribution in [-0.2, 0) is 0 Å². The fraction of sp³-hybridized carbons (Fsp3) is 0.143. The second-order valence-electron chi connectivity index (χ2n) is 4.09. The van der Waals surface area contributed by atoms with E-state index in [9.17, 15) is 0 Å². The summed E-state index contributed by atoms with van der Waals surface area (Å²) in [4.78, 5) is 0. The van der Waals surface area contributed by atoms with Crippen molar-refractivity contribution in [2.75, 3.05) is 0 Å². The highest BCUT2D eigenvalue weighted by atomic mass is 79.9. The van der Waals surface area contributed by atoms with Gasteiger partial charge in [0.2, 0.25) is 0 Å². The van der Waals surface area contributed by atoms with Crippen molar-refractivity contribution < 1.29 is 0 Å². The maximum atomic E-state index is 6.26. The van der Waals surface area contributed by atoms with Gasteiger partial charge in [0.1, 0.15) is 0 Å². The predicted molar refractivity (Wildman–Crippen MR) is 82.1 cm³/mol. The smallest absolute Gasteiger partial charge is 0.0502 e. The normalized spacial score (nSPS) is 14.2. The summed E-state index contributed by atoms with van der Waals surface area (Å²) < 4.78 is 1.97. The molecule has 0 amide bonds. The largest absolute Gasteiger partial charge is 0.322 e. The summed E-state index contributed by atoms with van der Waals surface area (Å²) in [5.74, 6) is 0. The van der Waals surface area contributed by atoms with Gasteiger partial charge in [-0.25, -0.2) is 0 Å². The van der Waals surface area contributed by atoms with Crippen molar-refractivity contribution in [2.24, 2.45) is 11.5 Å². The summed E-state index contributed by atoms with van der Waals surface area (Å²) >= 11 is 7.02. The van der Waals surface area contributed by atoms with Crippen molar-refractivity contribution in [2.45, 2.75) is 12.1 Å². The molecule has 0 bridgehead atoms. The Morgan fingerprint density at radius 3 is 1.33 bits per heavy atom. The lowest BCUT2D eigenvalue weighted by Crippen LogP contribution is -2.27. The molecule has 2 aromatic rings. The molecule has 4 N–H and O–H groups in total. The highest BCUT2D eigenvalue weighted by molar-refractivity contribution is 9.10. The van der Waals surface area contributed by atoms with Crippen LogP contribution in [0.25, 0.3) is 0 Å². The lowest BCUT2D eigenvalue weighted by atomic mass is 9.95. The fourth-order valence-electron chi connectivity index (χ4n) is 1.88. The van der Waals surface area contributed by atoms with Gasteiger partial charge in [-0.3, -0.25) is 0 Å². The van der Waals surface area contributed by atoms with Crippen molar-refractivity contribution in [3.05, 3.63) is 68.6 Å². The number of rotatable bonds is 3. The van der Waals surface area contributed by atoms with E-state index >= 15 is 0 Å². The maximum Gasteiger partial charge on any atom is 0.0502 e. The van der Waals surface area contributed by atoms with Crippen LogP contribution >= 0.6 is 31.9 Å². The van der Waals surface area contributed by atoms with Gasteiger partial charge >= 0.3 is 0 Å². The van der Waals surface area contributed by atoms with Gasteiger partial charge in [0.15, 0.2) is 0 Å². The molecule has 0 aliphatic carbocycles. The molecule has 0 heterocycles. The Balaban J connectivity index is 2.33. The molecule has 0 radical (unpaired) electrons. The highest BCUT2D eigenvalue weighted by Gasteiger charge is 2.20. The highest BCUT2D eigenvalue weighted by Crippen LogP contribution is 2.32. The van der Waals surface area contributed by atoms with Gasteiger partial charge in [-0.2, -0.15) is 0 Å². The Kier molecular flexibility index (Phi) is 4.56. The van der Waals surface area contributed by atoms with E-state index in [-0.39, 0.29) is 12.1 Å². The molecule has 0 aliphatic rings. The molecular weight excluding hydrogens is 356 g/mol. The van der Waals surface area contributed by atoms with Crippen molar-refractivity contribution in [1.82, 2.24) is 0 Å². The van der Waals surface area contributed by atoms with Gasteiger partial charge < -0.3 is 11.5 Å². The molecule has 4 heteroatoms. The first kappa shape index (κ1) is 13.7. The minimum atomic E-state index is -0.251. The topological polar surface area (TPSA) is 52.0 Å². The summed E-state index contributed by atoms with van der Waals surface area (Å²) in [5.41, 5.74) is 14.6. The van der Waals surface area contributed by atoms with Crippen LogP contribution in [0, 0.1) is 0 Å². The molecule has 0 aromatic heterocycles. The van der Waals surface area contributed by atoms with E-state index in [1.54, 1.807) is 0 Å². The molecule has 2 nitrogen and oxygen atoms in total. The van der Waals surface area contributed by atoms with Crippen LogP contribution in [0.1, 0.15) is 23.2 Å². The number of nitrogens with two attached hydrogens (primary N) is 2. The molecule has 0 unspecified atom stereocenters. The molecular formula is C14H14Br2N2. The average molecular weight is 370 g/mol. The Labute approximate surface area is 124 Å². The number of benzene rings is 2. The van der Waals surface area contributed by atoms with E-state index in [0.29, 0.717) is 0 Å². The monoisotopic (exact) mass is 368 g/mol. The molecule has 2 rings (SSSR count). The lowest BCUT2D eigenvalue weighted by molar-refractivity contribution is 0.570. The van der Waals surface area contributed by atoms with Crippen LogP contribution in [0.2, 0.25) is 0 Å². The van der Waals surface area contributed by atoms with E-state index in [1.165, 1.54) is 0 Å². The molecule has 0 saturated carbocycles. The zero-order valence-electron chi connectivity index (χ0n) is 9.68. The quantitative estimate of drug-likeness (QED) is 0.861. The Hall–Kier alpha value is -0.680. The summed E-state index contributed by atoms with van der Waals surface area (Å²) in [6, 6.07) is 15.3. The van der Waals surface area contributed by atoms with Crippen LogP contribution in [0.5, 0.6) is 0 Å². The van der Waals surface area contributed by atoms with Crippen LogP contribution in [0.4, 0.5) is 0 Å². The Bertz CT molecular complexity index is 493. The first-order chi connectivity index (χ1) is 8.61. The third-order valence-electron chi connectivity index (χ3n) is 2.92. The van der Waals surface area contributed by atoms with Crippen LogP contribution < -0.4 is 11.5 Å². The minimum absolute atomic E-state index is 0.251. The predicted octanol–water partition coefficient (Wildman–Crippen LogP) is 3.91. The Morgan fingerprint density at radius 1 is 0.667 bits per heavy atom. The first-order valence-corrected chi connectivity index (χ1v) is 7.20. The van der Waals surface area contributed by atoms with Crippen molar-refractivity contribution in [3.8, 4) is 0 Å². The molecule has 0 saturated heterocycles. The molecule has 0 spiro atoms. The standard InChI is InChI=1S/C14H14Br2N2/c15-11-7-3-1-5-9(11)13(17)14(18)10-6-2-4-8-12(10)16/h1-8,13-14H,17-18H2/t13-,14-/m1/s1. The average Bonchev–Trinajstić information content (AvgIpc) is 2.38. The van der Waals surface area contributed by atoms with E-state index < -0.39 is 0 Å². The Morgan fingerprint density at radius 2 is 1.00 bits per heavy atom. The molecule has 0 fully saturated rings. The van der Waals surface area contributed by atoms with Crippen molar-refractivity contribution in [1.29, 1.82) is 0 Å². The third-order valence-corrected chi connectivity index (χ3v) is 4.36. The lowest BCUT2D eigenvalue weighted by Gasteiger charge is -2.22. The third kappa shape index (κ3) is 2.83. The molecule has 94 valence electrons. The SMILES string of the molecule is N[C@H](c1ccccc1Br)[C@H](N)c1ccccc1Br. The van der Waals surface area contributed by atoms with Gasteiger partial charge in [0, 0.05) is 8.95 Å². The molecule has 2 aromatic carbocycles. The van der Waals surface area contributed by atoms with Crippen LogP contribution in [0.3, 0.4) is 0 Å². The van der Waals surface area contributed by atoms with Crippen molar-refractivity contribution >= 4 is 31.9 Å². The number of halogens is 2. The van der Waals surface area contributed by atoms with E-state index in [2.05, 4.69) is 31.9 Å². The molecule has 0 aliphatic heterocycles.